The molecule has 146 valence electrons. The second kappa shape index (κ2) is 10.5. The van der Waals surface area contributed by atoms with Gasteiger partial charge < -0.3 is 19.9 Å². The van der Waals surface area contributed by atoms with Gasteiger partial charge in [0.2, 0.25) is 0 Å². The summed E-state index contributed by atoms with van der Waals surface area (Å²) in [6.07, 6.45) is 13.0. The first-order valence-electron chi connectivity index (χ1n) is 10.4. The van der Waals surface area contributed by atoms with Crippen LogP contribution in [0.5, 0.6) is 0 Å². The van der Waals surface area contributed by atoms with E-state index in [2.05, 4.69) is 25.4 Å². The zero-order chi connectivity index (χ0) is 18.0. The summed E-state index contributed by atoms with van der Waals surface area (Å²) in [6.45, 7) is 2.98. The number of hydrogen-bond donors (Lipinski definition) is 2. The second-order valence-corrected chi connectivity index (χ2v) is 7.41. The topological polar surface area (TPSA) is 81.1 Å². The molecule has 2 aliphatic rings. The Kier molecular flexibility index (Phi) is 7.73. The van der Waals surface area contributed by atoms with Gasteiger partial charge in [0, 0.05) is 39.1 Å². The first-order chi connectivity index (χ1) is 12.8. The minimum atomic E-state index is -0.113. The summed E-state index contributed by atoms with van der Waals surface area (Å²) in [5.41, 5.74) is 0. The summed E-state index contributed by atoms with van der Waals surface area (Å²) in [5, 5.41) is 14.4. The van der Waals surface area contributed by atoms with Crippen molar-refractivity contribution < 1.29 is 9.53 Å². The number of aromatic nitrogens is 3. The molecule has 1 aliphatic heterocycles. The fourth-order valence-electron chi connectivity index (χ4n) is 3.84. The smallest absolute Gasteiger partial charge is 0.314 e. The lowest BCUT2D eigenvalue weighted by Gasteiger charge is -2.21. The predicted molar refractivity (Wildman–Crippen MR) is 100 cm³/mol. The summed E-state index contributed by atoms with van der Waals surface area (Å²) in [5.74, 6) is 2.09. The lowest BCUT2D eigenvalue weighted by molar-refractivity contribution is 0.0275. The highest BCUT2D eigenvalue weighted by atomic mass is 16.5. The highest BCUT2D eigenvalue weighted by Crippen LogP contribution is 2.20. The van der Waals surface area contributed by atoms with Crippen molar-refractivity contribution in [2.24, 2.45) is 0 Å². The van der Waals surface area contributed by atoms with E-state index in [-0.39, 0.29) is 6.03 Å². The molecule has 3 rings (SSSR count). The van der Waals surface area contributed by atoms with E-state index in [4.69, 9.17) is 4.74 Å². The molecule has 0 spiro atoms. The maximum absolute atomic E-state index is 11.9. The van der Waals surface area contributed by atoms with Crippen LogP contribution in [0.2, 0.25) is 0 Å². The van der Waals surface area contributed by atoms with Crippen molar-refractivity contribution in [2.75, 3.05) is 19.7 Å². The van der Waals surface area contributed by atoms with Crippen molar-refractivity contribution >= 4 is 6.03 Å². The molecular formula is C19H33N5O2. The minimum absolute atomic E-state index is 0.113. The lowest BCUT2D eigenvalue weighted by atomic mass is 9.98. The number of nitrogens with one attached hydrogen (secondary N) is 2. The monoisotopic (exact) mass is 363 g/mol. The second-order valence-electron chi connectivity index (χ2n) is 7.41. The van der Waals surface area contributed by atoms with Gasteiger partial charge in [0.1, 0.15) is 11.6 Å². The van der Waals surface area contributed by atoms with Crippen LogP contribution in [-0.2, 0) is 24.1 Å². The number of nitrogens with zero attached hydrogens (tertiary/aromatic N) is 3. The zero-order valence-corrected chi connectivity index (χ0v) is 15.8. The van der Waals surface area contributed by atoms with Crippen LogP contribution in [0.4, 0.5) is 4.79 Å². The number of hydrogen-bond acceptors (Lipinski definition) is 4. The summed E-state index contributed by atoms with van der Waals surface area (Å²) >= 11 is 0. The number of carbonyl (C=O) groups excluding carboxylic acids is 1. The van der Waals surface area contributed by atoms with Crippen LogP contribution < -0.4 is 10.6 Å². The Morgan fingerprint density at radius 2 is 1.85 bits per heavy atom. The van der Waals surface area contributed by atoms with Crippen LogP contribution in [0, 0.1) is 0 Å². The highest BCUT2D eigenvalue weighted by molar-refractivity contribution is 5.73. The number of fused-ring (bicyclic) bond motifs is 1. The van der Waals surface area contributed by atoms with Crippen molar-refractivity contribution in [1.82, 2.24) is 25.4 Å². The Morgan fingerprint density at radius 3 is 2.73 bits per heavy atom. The largest absolute Gasteiger partial charge is 0.378 e. The Bertz CT molecular complexity index is 554. The Balaban J connectivity index is 1.25. The summed E-state index contributed by atoms with van der Waals surface area (Å²) < 4.78 is 8.10. The van der Waals surface area contributed by atoms with Gasteiger partial charge in [-0.05, 0) is 32.1 Å². The van der Waals surface area contributed by atoms with Crippen LogP contribution >= 0.6 is 0 Å². The van der Waals surface area contributed by atoms with E-state index >= 15 is 0 Å². The maximum Gasteiger partial charge on any atom is 0.314 e. The Labute approximate surface area is 156 Å². The lowest BCUT2D eigenvalue weighted by Crippen LogP contribution is -2.37. The molecule has 1 aliphatic carbocycles. The molecule has 1 aromatic rings. The molecule has 0 saturated heterocycles. The molecule has 1 fully saturated rings. The van der Waals surface area contributed by atoms with E-state index in [0.717, 1.165) is 44.1 Å². The van der Waals surface area contributed by atoms with Crippen LogP contribution in [-0.4, -0.2) is 46.6 Å². The van der Waals surface area contributed by atoms with Gasteiger partial charge in [0.05, 0.1) is 6.10 Å². The molecule has 7 heteroatoms. The summed E-state index contributed by atoms with van der Waals surface area (Å²) in [4.78, 5) is 11.9. The molecule has 0 aromatic carbocycles. The third-order valence-electron chi connectivity index (χ3n) is 5.33. The van der Waals surface area contributed by atoms with Crippen molar-refractivity contribution in [1.29, 1.82) is 0 Å². The van der Waals surface area contributed by atoms with E-state index < -0.39 is 0 Å². The van der Waals surface area contributed by atoms with E-state index in [1.54, 1.807) is 0 Å². The molecule has 2 N–H and O–H groups in total. The van der Waals surface area contributed by atoms with Gasteiger partial charge in [0.15, 0.2) is 0 Å². The quantitative estimate of drug-likeness (QED) is 0.696. The molecule has 2 heterocycles. The minimum Gasteiger partial charge on any atom is -0.378 e. The average Bonchev–Trinajstić information content (AvgIpc) is 2.89. The maximum atomic E-state index is 11.9. The number of rotatable bonds is 8. The van der Waals surface area contributed by atoms with Crippen LogP contribution in [0.3, 0.4) is 0 Å². The van der Waals surface area contributed by atoms with Gasteiger partial charge in [-0.15, -0.1) is 10.2 Å². The van der Waals surface area contributed by atoms with E-state index in [1.165, 1.54) is 51.4 Å². The van der Waals surface area contributed by atoms with Gasteiger partial charge in [-0.25, -0.2) is 4.79 Å². The number of urea groups is 1. The van der Waals surface area contributed by atoms with Gasteiger partial charge in [0.25, 0.3) is 0 Å². The molecule has 0 radical (unpaired) electrons. The fraction of sp³-hybridized carbons (Fsp3) is 0.842. The Hall–Kier alpha value is -1.63. The summed E-state index contributed by atoms with van der Waals surface area (Å²) in [7, 11) is 0. The third-order valence-corrected chi connectivity index (χ3v) is 5.33. The normalized spacial score (nSPS) is 18.2. The molecule has 7 nitrogen and oxygen atoms in total. The van der Waals surface area contributed by atoms with Crippen LogP contribution in [0.25, 0.3) is 0 Å². The molecule has 2 amide bonds. The van der Waals surface area contributed by atoms with Gasteiger partial charge in [-0.3, -0.25) is 0 Å². The number of amides is 2. The SMILES string of the molecule is O=C(NCCCOC1CCCCC1)NCCc1nnc2n1CCCCC2. The molecule has 26 heavy (non-hydrogen) atoms. The average molecular weight is 364 g/mol. The molecule has 0 unspecified atom stereocenters. The fourth-order valence-corrected chi connectivity index (χ4v) is 3.84. The van der Waals surface area contributed by atoms with Gasteiger partial charge >= 0.3 is 6.03 Å². The van der Waals surface area contributed by atoms with E-state index in [1.807, 2.05) is 0 Å². The number of ether oxygens (including phenoxy) is 1. The van der Waals surface area contributed by atoms with Gasteiger partial charge in [-0.2, -0.15) is 0 Å². The highest BCUT2D eigenvalue weighted by Gasteiger charge is 2.15. The predicted octanol–water partition coefficient (Wildman–Crippen LogP) is 2.59. The van der Waals surface area contributed by atoms with E-state index in [9.17, 15) is 4.79 Å². The molecule has 1 aromatic heterocycles. The molecular weight excluding hydrogens is 330 g/mol. The molecule has 0 bridgehead atoms. The van der Waals surface area contributed by atoms with Crippen molar-refractivity contribution in [2.45, 2.75) is 83.3 Å². The van der Waals surface area contributed by atoms with Gasteiger partial charge in [-0.1, -0.05) is 25.7 Å². The zero-order valence-electron chi connectivity index (χ0n) is 15.8. The van der Waals surface area contributed by atoms with Crippen LogP contribution in [0.1, 0.15) is 69.4 Å². The Morgan fingerprint density at radius 1 is 1.04 bits per heavy atom. The standard InChI is InChI=1S/C19H33N5O2/c25-19(20-12-7-15-26-16-8-3-1-4-9-16)21-13-11-18-23-22-17-10-5-2-6-14-24(17)18/h16H,1-15H2,(H2,20,21,25). The molecule has 1 saturated carbocycles. The van der Waals surface area contributed by atoms with Crippen LogP contribution in [0.15, 0.2) is 0 Å². The summed E-state index contributed by atoms with van der Waals surface area (Å²) in [6, 6.07) is -0.113. The first kappa shape index (κ1) is 19.1. The molecule has 0 atom stereocenters. The van der Waals surface area contributed by atoms with Crippen molar-refractivity contribution in [3.05, 3.63) is 11.6 Å². The number of carbonyl (C=O) groups is 1. The van der Waals surface area contributed by atoms with Crippen molar-refractivity contribution in [3.8, 4) is 0 Å². The van der Waals surface area contributed by atoms with Crippen molar-refractivity contribution in [3.63, 3.8) is 0 Å². The third kappa shape index (κ3) is 5.97. The number of aryl methyl sites for hydroxylation is 1. The first-order valence-corrected chi connectivity index (χ1v) is 10.4. The van der Waals surface area contributed by atoms with E-state index in [0.29, 0.717) is 19.2 Å².